The van der Waals surface area contributed by atoms with Gasteiger partial charge in [-0.1, -0.05) is 36.8 Å². The maximum absolute atomic E-state index is 13.1. The van der Waals surface area contributed by atoms with E-state index in [1.54, 1.807) is 9.80 Å². The van der Waals surface area contributed by atoms with Gasteiger partial charge in [-0.15, -0.1) is 0 Å². The molecule has 0 radical (unpaired) electrons. The first-order valence-corrected chi connectivity index (χ1v) is 9.36. The van der Waals surface area contributed by atoms with Crippen LogP contribution in [0.25, 0.3) is 0 Å². The van der Waals surface area contributed by atoms with Crippen LogP contribution in [-0.2, 0) is 9.59 Å². The van der Waals surface area contributed by atoms with E-state index in [1.165, 1.54) is 6.42 Å². The van der Waals surface area contributed by atoms with Gasteiger partial charge in [0, 0.05) is 18.7 Å². The van der Waals surface area contributed by atoms with E-state index >= 15 is 0 Å². The van der Waals surface area contributed by atoms with Gasteiger partial charge in [-0.3, -0.25) is 14.6 Å². The maximum atomic E-state index is 13.1. The molecule has 1 heterocycles. The van der Waals surface area contributed by atoms with Crippen molar-refractivity contribution in [2.45, 2.75) is 51.6 Å². The Labute approximate surface area is 149 Å². The summed E-state index contributed by atoms with van der Waals surface area (Å²) in [4.78, 5) is 34.2. The van der Waals surface area contributed by atoms with Crippen molar-refractivity contribution in [3.8, 4) is 0 Å². The van der Waals surface area contributed by atoms with Gasteiger partial charge in [0.1, 0.15) is 17.9 Å². The zero-order chi connectivity index (χ0) is 17.9. The highest BCUT2D eigenvalue weighted by molar-refractivity contribution is 6.47. The number of carbonyl (C=O) groups is 2. The molecule has 0 unspecified atom stereocenters. The number of rotatable bonds is 5. The van der Waals surface area contributed by atoms with Gasteiger partial charge in [0.2, 0.25) is 5.91 Å². The van der Waals surface area contributed by atoms with Gasteiger partial charge in [-0.25, -0.2) is 0 Å². The monoisotopic (exact) mass is 341 g/mol. The van der Waals surface area contributed by atoms with Gasteiger partial charge in [-0.2, -0.15) is 0 Å². The van der Waals surface area contributed by atoms with Crippen molar-refractivity contribution in [1.29, 1.82) is 0 Å². The Kier molecular flexibility index (Phi) is 5.21. The normalized spacial score (nSPS) is 19.2. The molecule has 2 amide bonds. The fraction of sp³-hybridized carbons (Fsp3) is 0.550. The topological polar surface area (TPSA) is 53.0 Å². The molecule has 1 aromatic carbocycles. The summed E-state index contributed by atoms with van der Waals surface area (Å²) in [6.07, 6.45) is 4.97. The van der Waals surface area contributed by atoms with Gasteiger partial charge >= 0.3 is 0 Å². The zero-order valence-electron chi connectivity index (χ0n) is 15.2. The summed E-state index contributed by atoms with van der Waals surface area (Å²) in [6, 6.07) is 9.61. The van der Waals surface area contributed by atoms with Crippen molar-refractivity contribution in [1.82, 2.24) is 9.80 Å². The molecule has 1 aliphatic heterocycles. The molecule has 0 aromatic heterocycles. The first-order valence-electron chi connectivity index (χ1n) is 9.36. The quantitative estimate of drug-likeness (QED) is 0.827. The molecule has 1 spiro atoms. The summed E-state index contributed by atoms with van der Waals surface area (Å²) in [5.41, 5.74) is 0.827. The van der Waals surface area contributed by atoms with Crippen molar-refractivity contribution in [3.05, 3.63) is 35.9 Å². The van der Waals surface area contributed by atoms with E-state index in [4.69, 9.17) is 4.99 Å². The predicted molar refractivity (Wildman–Crippen MR) is 98.4 cm³/mol. The summed E-state index contributed by atoms with van der Waals surface area (Å²) >= 11 is 0. The van der Waals surface area contributed by atoms with E-state index in [-0.39, 0.29) is 18.4 Å². The molecule has 134 valence electrons. The smallest absolute Gasteiger partial charge is 0.275 e. The molecule has 1 aliphatic carbocycles. The summed E-state index contributed by atoms with van der Waals surface area (Å²) in [5, 5.41) is 0. The molecule has 5 heteroatoms. The lowest BCUT2D eigenvalue weighted by Gasteiger charge is -2.39. The summed E-state index contributed by atoms with van der Waals surface area (Å²) in [7, 11) is 0. The van der Waals surface area contributed by atoms with Crippen molar-refractivity contribution >= 4 is 17.5 Å². The molecule has 0 atom stereocenters. The average Bonchev–Trinajstić information content (AvgIpc) is 2.90. The van der Waals surface area contributed by atoms with E-state index in [9.17, 15) is 9.59 Å². The molecule has 25 heavy (non-hydrogen) atoms. The number of nitrogens with zero attached hydrogens (tertiary/aromatic N) is 3. The van der Waals surface area contributed by atoms with Crippen LogP contribution in [0.4, 0.5) is 0 Å². The lowest BCUT2D eigenvalue weighted by molar-refractivity contribution is -0.141. The van der Waals surface area contributed by atoms with Crippen LogP contribution in [0.2, 0.25) is 0 Å². The molecular formula is C20H27N3O2. The molecule has 3 rings (SSSR count). The molecule has 2 aliphatic rings. The predicted octanol–water partition coefficient (Wildman–Crippen LogP) is 2.85. The number of hydrogen-bond acceptors (Lipinski definition) is 3. The van der Waals surface area contributed by atoms with Crippen LogP contribution in [0.3, 0.4) is 0 Å². The van der Waals surface area contributed by atoms with Gasteiger partial charge in [0.15, 0.2) is 0 Å². The summed E-state index contributed by atoms with van der Waals surface area (Å²) in [6.45, 7) is 5.39. The molecule has 0 bridgehead atoms. The van der Waals surface area contributed by atoms with E-state index in [1.807, 2.05) is 44.2 Å². The van der Waals surface area contributed by atoms with E-state index in [0.29, 0.717) is 18.8 Å². The fourth-order valence-corrected chi connectivity index (χ4v) is 3.95. The molecule has 1 fully saturated rings. The number of aliphatic imine (C=N–C) groups is 1. The maximum Gasteiger partial charge on any atom is 0.275 e. The third kappa shape index (κ3) is 3.32. The van der Waals surface area contributed by atoms with Gasteiger partial charge in [-0.05, 0) is 39.5 Å². The number of amides is 2. The van der Waals surface area contributed by atoms with Gasteiger partial charge in [0.25, 0.3) is 5.91 Å². The largest absolute Gasteiger partial charge is 0.342 e. The van der Waals surface area contributed by atoms with Crippen LogP contribution in [0.15, 0.2) is 35.3 Å². The number of benzene rings is 1. The Hall–Kier alpha value is -2.17. The van der Waals surface area contributed by atoms with Crippen LogP contribution < -0.4 is 0 Å². The Bertz CT molecular complexity index is 659. The Morgan fingerprint density at radius 2 is 1.76 bits per heavy atom. The van der Waals surface area contributed by atoms with Crippen LogP contribution in [-0.4, -0.2) is 52.6 Å². The second-order valence-electron chi connectivity index (χ2n) is 6.83. The lowest BCUT2D eigenvalue weighted by Crippen LogP contribution is -2.52. The first-order chi connectivity index (χ1) is 12.1. The van der Waals surface area contributed by atoms with Crippen molar-refractivity contribution < 1.29 is 9.59 Å². The molecule has 1 aromatic rings. The molecule has 0 saturated heterocycles. The Morgan fingerprint density at radius 1 is 1.12 bits per heavy atom. The Balaban J connectivity index is 1.91. The molecular weight excluding hydrogens is 314 g/mol. The minimum Gasteiger partial charge on any atom is -0.342 e. The summed E-state index contributed by atoms with van der Waals surface area (Å²) < 4.78 is 0. The molecule has 5 nitrogen and oxygen atoms in total. The second kappa shape index (κ2) is 7.38. The zero-order valence-corrected chi connectivity index (χ0v) is 15.2. The fourth-order valence-electron chi connectivity index (χ4n) is 3.95. The average molecular weight is 341 g/mol. The third-order valence-corrected chi connectivity index (χ3v) is 5.38. The molecule has 0 N–H and O–H groups in total. The summed E-state index contributed by atoms with van der Waals surface area (Å²) in [5.74, 6) is -0.0959. The van der Waals surface area contributed by atoms with E-state index < -0.39 is 5.66 Å². The highest BCUT2D eigenvalue weighted by Crippen LogP contribution is 2.39. The van der Waals surface area contributed by atoms with E-state index in [2.05, 4.69) is 0 Å². The van der Waals surface area contributed by atoms with Crippen molar-refractivity contribution in [2.75, 3.05) is 19.6 Å². The highest BCUT2D eigenvalue weighted by atomic mass is 16.2. The first kappa shape index (κ1) is 17.6. The minimum atomic E-state index is -0.524. The van der Waals surface area contributed by atoms with E-state index in [0.717, 1.165) is 31.2 Å². The second-order valence-corrected chi connectivity index (χ2v) is 6.83. The van der Waals surface area contributed by atoms with Gasteiger partial charge < -0.3 is 9.80 Å². The van der Waals surface area contributed by atoms with Crippen molar-refractivity contribution in [2.24, 2.45) is 4.99 Å². The Morgan fingerprint density at radius 3 is 2.36 bits per heavy atom. The number of carbonyl (C=O) groups excluding carboxylic acids is 2. The molecule has 1 saturated carbocycles. The van der Waals surface area contributed by atoms with Crippen molar-refractivity contribution in [3.63, 3.8) is 0 Å². The van der Waals surface area contributed by atoms with Gasteiger partial charge in [0.05, 0.1) is 0 Å². The number of hydrogen-bond donors (Lipinski definition) is 0. The standard InChI is InChI=1S/C20H27N3O2/c1-3-22(4-2)17(24)15-23-19(25)18(16-11-7-5-8-12-16)21-20(23)13-9-6-10-14-20/h5,7-8,11-12H,3-4,6,9-10,13-15H2,1-2H3. The third-order valence-electron chi connectivity index (χ3n) is 5.38. The van der Waals surface area contributed by atoms with Crippen LogP contribution in [0, 0.1) is 0 Å². The lowest BCUT2D eigenvalue weighted by atomic mass is 9.88. The minimum absolute atomic E-state index is 0.00723. The van der Waals surface area contributed by atoms with Crippen LogP contribution in [0.5, 0.6) is 0 Å². The van der Waals surface area contributed by atoms with Crippen LogP contribution in [0.1, 0.15) is 51.5 Å². The highest BCUT2D eigenvalue weighted by Gasteiger charge is 2.48. The van der Waals surface area contributed by atoms with Crippen LogP contribution >= 0.6 is 0 Å². The SMILES string of the molecule is CCN(CC)C(=O)CN1C(=O)C(c2ccccc2)=NC12CCCCC2. The number of likely N-dealkylation sites (N-methyl/N-ethyl adjacent to an activating group) is 1.